The molecule has 1 saturated heterocycles. The van der Waals surface area contributed by atoms with Gasteiger partial charge in [-0.2, -0.15) is 9.57 Å². The number of nitrogens with two attached hydrogens (primary N) is 1. The highest BCUT2D eigenvalue weighted by atomic mass is 32.2. The maximum absolute atomic E-state index is 13.1. The van der Waals surface area contributed by atoms with E-state index in [1.165, 1.54) is 23.9 Å². The number of thioether (sulfide) groups is 1. The van der Waals surface area contributed by atoms with Gasteiger partial charge >= 0.3 is 5.97 Å². The molecular weight excluding hydrogens is 558 g/mol. The van der Waals surface area contributed by atoms with Crippen LogP contribution in [0.3, 0.4) is 0 Å². The van der Waals surface area contributed by atoms with Crippen LogP contribution in [0.15, 0.2) is 64.5 Å². The van der Waals surface area contributed by atoms with Crippen LogP contribution < -0.4 is 21.7 Å². The average Bonchev–Trinajstić information content (AvgIpc) is 3.44. The van der Waals surface area contributed by atoms with Crippen molar-refractivity contribution in [1.82, 2.24) is 14.9 Å². The summed E-state index contributed by atoms with van der Waals surface area (Å²) in [6.07, 6.45) is 2.19. The molecule has 1 aliphatic rings. The van der Waals surface area contributed by atoms with E-state index >= 15 is 0 Å². The van der Waals surface area contributed by atoms with Crippen LogP contribution in [-0.2, 0) is 30.8 Å². The Morgan fingerprint density at radius 3 is 2.52 bits per heavy atom. The van der Waals surface area contributed by atoms with Crippen molar-refractivity contribution in [3.05, 3.63) is 60.2 Å². The highest BCUT2D eigenvalue weighted by Crippen LogP contribution is 2.28. The van der Waals surface area contributed by atoms with Crippen LogP contribution in [-0.4, -0.2) is 71.8 Å². The summed E-state index contributed by atoms with van der Waals surface area (Å²) >= 11 is 1.27. The van der Waals surface area contributed by atoms with Crippen molar-refractivity contribution < 1.29 is 27.9 Å². The molecule has 0 saturated carbocycles. The summed E-state index contributed by atoms with van der Waals surface area (Å²) in [5.74, 6) is -1.94. The van der Waals surface area contributed by atoms with Gasteiger partial charge in [0.1, 0.15) is 12.1 Å². The zero-order valence-corrected chi connectivity index (χ0v) is 23.0. The zero-order valence-electron chi connectivity index (χ0n) is 21.3. The summed E-state index contributed by atoms with van der Waals surface area (Å²) in [5, 5.41) is 25.6. The standard InChI is InChI=1S/C25H29N7O6S2/c26-15-29-25(27)28-12-4-7-22(33)30-18-10-8-17(9-11-18)13-20(24(35)36)31-23(34)21-14-39-16-32(21)40(37,38)19-5-2-1-3-6-19/h1-3,5-6,8-11,20-21H,4,7,12-14,16H2,(H,30,33)(H,31,34)(H,35,36)(H3,27,28,29). The third-order valence-electron chi connectivity index (χ3n) is 5.81. The molecule has 1 fully saturated rings. The number of amides is 2. The summed E-state index contributed by atoms with van der Waals surface area (Å²) in [7, 11) is -3.93. The number of nitrogens with one attached hydrogen (secondary N) is 3. The Morgan fingerprint density at radius 2 is 1.88 bits per heavy atom. The predicted molar refractivity (Wildman–Crippen MR) is 149 cm³/mol. The maximum atomic E-state index is 13.1. The Balaban J connectivity index is 1.56. The molecule has 1 heterocycles. The first-order chi connectivity index (χ1) is 19.1. The van der Waals surface area contributed by atoms with Crippen molar-refractivity contribution in [2.24, 2.45) is 10.7 Å². The third kappa shape index (κ3) is 8.43. The summed E-state index contributed by atoms with van der Waals surface area (Å²) in [6, 6.07) is 11.9. The molecule has 0 aliphatic carbocycles. The summed E-state index contributed by atoms with van der Waals surface area (Å²) < 4.78 is 27.2. The van der Waals surface area contributed by atoms with Gasteiger partial charge in [-0.1, -0.05) is 30.3 Å². The molecule has 40 heavy (non-hydrogen) atoms. The molecule has 2 aromatic rings. The fourth-order valence-corrected chi connectivity index (χ4v) is 6.96. The monoisotopic (exact) mass is 587 g/mol. The smallest absolute Gasteiger partial charge is 0.326 e. The second kappa shape index (κ2) is 14.3. The molecule has 0 bridgehead atoms. The molecule has 6 N–H and O–H groups in total. The van der Waals surface area contributed by atoms with Crippen LogP contribution in [0.25, 0.3) is 0 Å². The highest BCUT2D eigenvalue weighted by Gasteiger charge is 2.41. The molecule has 13 nitrogen and oxygen atoms in total. The van der Waals surface area contributed by atoms with Crippen LogP contribution in [0.2, 0.25) is 0 Å². The Kier molecular flexibility index (Phi) is 10.9. The van der Waals surface area contributed by atoms with Gasteiger partial charge in [-0.15, -0.1) is 11.8 Å². The first-order valence-corrected chi connectivity index (χ1v) is 14.7. The number of hydrogen-bond acceptors (Lipinski definition) is 8. The number of anilines is 1. The molecule has 1 aliphatic heterocycles. The number of benzene rings is 2. The highest BCUT2D eigenvalue weighted by molar-refractivity contribution is 8.00. The van der Waals surface area contributed by atoms with E-state index < -0.39 is 34.0 Å². The van der Waals surface area contributed by atoms with Crippen molar-refractivity contribution in [2.75, 3.05) is 23.5 Å². The Labute approximate surface area is 235 Å². The lowest BCUT2D eigenvalue weighted by atomic mass is 10.0. The van der Waals surface area contributed by atoms with Gasteiger partial charge in [0.15, 0.2) is 6.19 Å². The normalized spacial score (nSPS) is 16.5. The Morgan fingerprint density at radius 1 is 1.18 bits per heavy atom. The molecule has 15 heteroatoms. The van der Waals surface area contributed by atoms with Crippen LogP contribution in [0.1, 0.15) is 18.4 Å². The molecule has 0 spiro atoms. The third-order valence-corrected chi connectivity index (χ3v) is 8.86. The number of aliphatic imine (C=N–C) groups is 1. The molecule has 212 valence electrons. The lowest BCUT2D eigenvalue weighted by Gasteiger charge is -2.24. The van der Waals surface area contributed by atoms with Crippen molar-refractivity contribution in [3.63, 3.8) is 0 Å². The van der Waals surface area contributed by atoms with Gasteiger partial charge < -0.3 is 21.5 Å². The molecule has 2 aromatic carbocycles. The van der Waals surface area contributed by atoms with Crippen molar-refractivity contribution in [1.29, 1.82) is 5.26 Å². The van der Waals surface area contributed by atoms with Gasteiger partial charge in [-0.25, -0.2) is 13.2 Å². The van der Waals surface area contributed by atoms with Crippen molar-refractivity contribution >= 4 is 51.2 Å². The van der Waals surface area contributed by atoms with E-state index in [1.54, 1.807) is 48.7 Å². The van der Waals surface area contributed by atoms with Gasteiger partial charge in [-0.05, 0) is 36.2 Å². The van der Waals surface area contributed by atoms with Gasteiger partial charge in [-0.3, -0.25) is 19.9 Å². The lowest BCUT2D eigenvalue weighted by Crippen LogP contribution is -2.52. The number of nitriles is 1. The molecule has 2 unspecified atom stereocenters. The van der Waals surface area contributed by atoms with E-state index in [-0.39, 0.29) is 47.8 Å². The first kappa shape index (κ1) is 30.4. The van der Waals surface area contributed by atoms with Gasteiger partial charge in [0.2, 0.25) is 27.8 Å². The van der Waals surface area contributed by atoms with Gasteiger partial charge in [0.05, 0.1) is 10.8 Å². The number of sulfonamides is 1. The number of carboxylic acid groups (broad SMARTS) is 1. The lowest BCUT2D eigenvalue weighted by molar-refractivity contribution is -0.142. The van der Waals surface area contributed by atoms with E-state index in [4.69, 9.17) is 11.0 Å². The number of hydrogen-bond donors (Lipinski definition) is 5. The molecule has 0 radical (unpaired) electrons. The summed E-state index contributed by atoms with van der Waals surface area (Å²) in [5.41, 5.74) is 6.52. The Bertz CT molecular complexity index is 1380. The summed E-state index contributed by atoms with van der Waals surface area (Å²) in [6.45, 7) is 0.269. The number of carbonyl (C=O) groups is 3. The van der Waals surface area contributed by atoms with E-state index in [1.807, 2.05) is 0 Å². The quantitative estimate of drug-likeness (QED) is 0.0771. The van der Waals surface area contributed by atoms with Gasteiger partial charge in [0.25, 0.3) is 0 Å². The van der Waals surface area contributed by atoms with Crippen molar-refractivity contribution in [3.8, 4) is 6.19 Å². The van der Waals surface area contributed by atoms with E-state index in [2.05, 4.69) is 20.9 Å². The van der Waals surface area contributed by atoms with Crippen LogP contribution in [0.4, 0.5) is 5.69 Å². The number of guanidine groups is 1. The largest absolute Gasteiger partial charge is 0.480 e. The minimum atomic E-state index is -3.93. The second-order valence-electron chi connectivity index (χ2n) is 8.68. The van der Waals surface area contributed by atoms with E-state index in [0.29, 0.717) is 17.7 Å². The number of carbonyl (C=O) groups excluding carboxylic acids is 2. The van der Waals surface area contributed by atoms with Gasteiger partial charge in [0, 0.05) is 30.8 Å². The number of nitrogens with zero attached hydrogens (tertiary/aromatic N) is 3. The van der Waals surface area contributed by atoms with E-state index in [9.17, 15) is 27.9 Å². The van der Waals surface area contributed by atoms with Crippen molar-refractivity contribution in [2.45, 2.75) is 36.2 Å². The zero-order chi connectivity index (χ0) is 29.1. The van der Waals surface area contributed by atoms with Crippen LogP contribution >= 0.6 is 11.8 Å². The molecule has 0 aromatic heterocycles. The number of carboxylic acids is 1. The van der Waals surface area contributed by atoms with Crippen LogP contribution in [0.5, 0.6) is 0 Å². The van der Waals surface area contributed by atoms with Crippen LogP contribution in [0, 0.1) is 11.5 Å². The fraction of sp³-hybridized carbons (Fsp3) is 0.320. The minimum absolute atomic E-state index is 0.0222. The number of aliphatic carboxylic acids is 1. The molecular formula is C25H29N7O6S2. The minimum Gasteiger partial charge on any atom is -0.480 e. The summed E-state index contributed by atoms with van der Waals surface area (Å²) in [4.78, 5) is 41.0. The second-order valence-corrected chi connectivity index (χ2v) is 11.6. The average molecular weight is 588 g/mol. The Hall–Kier alpha value is -4.13. The van der Waals surface area contributed by atoms with E-state index in [0.717, 1.165) is 4.31 Å². The maximum Gasteiger partial charge on any atom is 0.326 e. The first-order valence-electron chi connectivity index (χ1n) is 12.1. The number of rotatable bonds is 12. The SMILES string of the molecule is N#CNC(N)=NCCCC(=O)Nc1ccc(CC(NC(=O)C2CSCN2S(=O)(=O)c2ccccc2)C(=O)O)cc1. The topological polar surface area (TPSA) is 207 Å². The molecule has 2 amide bonds. The fourth-order valence-electron chi connectivity index (χ4n) is 3.79. The molecule has 3 rings (SSSR count). The predicted octanol–water partition coefficient (Wildman–Crippen LogP) is 0.666. The molecule has 2 atom stereocenters.